The van der Waals surface area contributed by atoms with Gasteiger partial charge in [-0.2, -0.15) is 0 Å². The number of ether oxygens (including phenoxy) is 1. The van der Waals surface area contributed by atoms with Crippen molar-refractivity contribution in [3.63, 3.8) is 0 Å². The van der Waals surface area contributed by atoms with Crippen LogP contribution < -0.4 is 15.0 Å². The summed E-state index contributed by atoms with van der Waals surface area (Å²) < 4.78 is 5.81. The van der Waals surface area contributed by atoms with E-state index in [0.29, 0.717) is 0 Å². The molecule has 5 heteroatoms. The minimum Gasteiger partial charge on any atom is -0.488 e. The van der Waals surface area contributed by atoms with Gasteiger partial charge in [0.25, 0.3) is 0 Å². The largest absolute Gasteiger partial charge is 0.488 e. The second kappa shape index (κ2) is 10.1. The molecule has 1 aliphatic heterocycles. The number of hydrogen-bond donors (Lipinski definition) is 2. The normalized spacial score (nSPS) is 14.8. The predicted molar refractivity (Wildman–Crippen MR) is 110 cm³/mol. The summed E-state index contributed by atoms with van der Waals surface area (Å²) in [6, 6.07) is 20.6. The smallest absolute Gasteiger partial charge is 0.169 e. The molecule has 26 heavy (non-hydrogen) atoms. The third kappa shape index (κ3) is 6.00. The molecule has 3 rings (SSSR count). The van der Waals surface area contributed by atoms with Crippen molar-refractivity contribution in [1.82, 2.24) is 10.2 Å². The van der Waals surface area contributed by atoms with Crippen LogP contribution in [0.5, 0.6) is 5.75 Å². The summed E-state index contributed by atoms with van der Waals surface area (Å²) in [6.07, 6.45) is 1.00. The lowest BCUT2D eigenvalue weighted by atomic mass is 10.1. The summed E-state index contributed by atoms with van der Waals surface area (Å²) in [5.41, 5.74) is 1.34. The van der Waals surface area contributed by atoms with Gasteiger partial charge in [0.05, 0.1) is 26.2 Å². The fourth-order valence-corrected chi connectivity index (χ4v) is 3.46. The first kappa shape index (κ1) is 18.7. The number of quaternary nitrogens is 1. The first-order valence-electron chi connectivity index (χ1n) is 9.39. The summed E-state index contributed by atoms with van der Waals surface area (Å²) in [5.74, 6) is 0.953. The molecule has 138 valence electrons. The first-order chi connectivity index (χ1) is 12.8. The molecule has 0 unspecified atom stereocenters. The highest BCUT2D eigenvalue weighted by Gasteiger charge is 2.21. The van der Waals surface area contributed by atoms with Crippen LogP contribution in [0.1, 0.15) is 5.56 Å². The molecular weight excluding hydrogens is 342 g/mol. The van der Waals surface area contributed by atoms with E-state index in [9.17, 15) is 0 Å². The average molecular weight is 371 g/mol. The highest BCUT2D eigenvalue weighted by molar-refractivity contribution is 7.80. The maximum absolute atomic E-state index is 5.81. The number of nitrogens with zero attached hydrogens (tertiary/aromatic N) is 1. The number of piperazine rings is 1. The van der Waals surface area contributed by atoms with Crippen LogP contribution in [0, 0.1) is 0 Å². The molecule has 2 aromatic carbocycles. The lowest BCUT2D eigenvalue weighted by Crippen LogP contribution is -3.15. The van der Waals surface area contributed by atoms with Crippen LogP contribution in [0.2, 0.25) is 0 Å². The fourth-order valence-electron chi connectivity index (χ4n) is 3.18. The molecule has 0 saturated carbocycles. The number of thiocarbonyl (C=S) groups is 1. The van der Waals surface area contributed by atoms with Crippen molar-refractivity contribution in [3.05, 3.63) is 66.2 Å². The van der Waals surface area contributed by atoms with Gasteiger partial charge < -0.3 is 19.9 Å². The Hall–Kier alpha value is -2.11. The summed E-state index contributed by atoms with van der Waals surface area (Å²) in [4.78, 5) is 3.88. The van der Waals surface area contributed by atoms with Gasteiger partial charge in [-0.15, -0.1) is 0 Å². The van der Waals surface area contributed by atoms with Crippen molar-refractivity contribution in [3.8, 4) is 5.75 Å². The predicted octanol–water partition coefficient (Wildman–Crippen LogP) is 1.38. The fraction of sp³-hybridized carbons (Fsp3) is 0.381. The molecule has 2 N–H and O–H groups in total. The summed E-state index contributed by atoms with van der Waals surface area (Å²) in [7, 11) is 0. The highest BCUT2D eigenvalue weighted by atomic mass is 32.1. The zero-order valence-corrected chi connectivity index (χ0v) is 16.0. The molecule has 1 heterocycles. The molecule has 0 amide bonds. The molecule has 2 aromatic rings. The van der Waals surface area contributed by atoms with Crippen LogP contribution in [0.25, 0.3) is 0 Å². The molecule has 0 aromatic heterocycles. The topological polar surface area (TPSA) is 28.9 Å². The summed E-state index contributed by atoms with van der Waals surface area (Å²) >= 11 is 5.56. The van der Waals surface area contributed by atoms with Gasteiger partial charge >= 0.3 is 0 Å². The number of hydrogen-bond acceptors (Lipinski definition) is 2. The number of nitrogens with one attached hydrogen (secondary N) is 2. The molecule has 0 spiro atoms. The first-order valence-corrected chi connectivity index (χ1v) is 9.80. The van der Waals surface area contributed by atoms with E-state index in [1.165, 1.54) is 5.56 Å². The maximum Gasteiger partial charge on any atom is 0.169 e. The molecule has 1 aliphatic rings. The zero-order chi connectivity index (χ0) is 18.0. The van der Waals surface area contributed by atoms with Crippen molar-refractivity contribution in [2.75, 3.05) is 45.9 Å². The number of rotatable bonds is 7. The maximum atomic E-state index is 5.81. The second-order valence-corrected chi connectivity index (χ2v) is 7.00. The van der Waals surface area contributed by atoms with Crippen LogP contribution in [0.3, 0.4) is 0 Å². The van der Waals surface area contributed by atoms with E-state index >= 15 is 0 Å². The van der Waals surface area contributed by atoms with Crippen LogP contribution in [-0.4, -0.2) is 55.9 Å². The van der Waals surface area contributed by atoms with Gasteiger partial charge in [-0.25, -0.2) is 0 Å². The SMILES string of the molecule is S=C(NCCc1ccccc1)N1CC[NH+](CCOc2ccccc2)CC1. The van der Waals surface area contributed by atoms with Gasteiger partial charge in [0, 0.05) is 6.54 Å². The van der Waals surface area contributed by atoms with Crippen molar-refractivity contribution in [2.45, 2.75) is 6.42 Å². The molecule has 1 fully saturated rings. The second-order valence-electron chi connectivity index (χ2n) is 6.62. The minimum atomic E-state index is 0.763. The Morgan fingerprint density at radius 2 is 1.65 bits per heavy atom. The molecule has 0 atom stereocenters. The minimum absolute atomic E-state index is 0.763. The zero-order valence-electron chi connectivity index (χ0n) is 15.2. The molecule has 0 radical (unpaired) electrons. The summed E-state index contributed by atoms with van der Waals surface area (Å²) in [6.45, 7) is 6.93. The van der Waals surface area contributed by atoms with E-state index in [-0.39, 0.29) is 0 Å². The van der Waals surface area contributed by atoms with E-state index in [2.05, 4.69) is 34.5 Å². The van der Waals surface area contributed by atoms with Gasteiger partial charge in [-0.1, -0.05) is 48.5 Å². The standard InChI is InChI=1S/C21H27N3OS/c26-21(22-12-11-19-7-3-1-4-8-19)24-15-13-23(14-16-24)17-18-25-20-9-5-2-6-10-20/h1-10H,11-18H2,(H,22,26)/p+1. The Balaban J connectivity index is 1.29. The van der Waals surface area contributed by atoms with Gasteiger partial charge in [-0.05, 0) is 36.3 Å². The molecule has 0 bridgehead atoms. The Morgan fingerprint density at radius 3 is 2.35 bits per heavy atom. The molecular formula is C21H28N3OS+. The third-order valence-corrected chi connectivity index (χ3v) is 5.16. The van der Waals surface area contributed by atoms with Crippen molar-refractivity contribution in [1.29, 1.82) is 0 Å². The lowest BCUT2D eigenvalue weighted by Gasteiger charge is -2.33. The Morgan fingerprint density at radius 1 is 1.00 bits per heavy atom. The summed E-state index contributed by atoms with van der Waals surface area (Å²) in [5, 5.41) is 4.29. The van der Waals surface area contributed by atoms with Gasteiger partial charge in [-0.3, -0.25) is 0 Å². The van der Waals surface area contributed by atoms with Gasteiger partial charge in [0.1, 0.15) is 18.9 Å². The molecule has 4 nitrogen and oxygen atoms in total. The third-order valence-electron chi connectivity index (χ3n) is 4.76. The average Bonchev–Trinajstić information content (AvgIpc) is 2.70. The van der Waals surface area contributed by atoms with E-state index in [1.54, 1.807) is 4.90 Å². The van der Waals surface area contributed by atoms with E-state index in [4.69, 9.17) is 17.0 Å². The van der Waals surface area contributed by atoms with Crippen LogP contribution in [0.4, 0.5) is 0 Å². The van der Waals surface area contributed by atoms with Gasteiger partial charge in [0.15, 0.2) is 5.11 Å². The van der Waals surface area contributed by atoms with E-state index in [1.807, 2.05) is 36.4 Å². The van der Waals surface area contributed by atoms with Crippen molar-refractivity contribution in [2.24, 2.45) is 0 Å². The van der Waals surface area contributed by atoms with Crippen LogP contribution in [-0.2, 0) is 6.42 Å². The Bertz CT molecular complexity index is 657. The van der Waals surface area contributed by atoms with Gasteiger partial charge in [0.2, 0.25) is 0 Å². The number of para-hydroxylation sites is 1. The Labute approximate surface area is 161 Å². The van der Waals surface area contributed by atoms with E-state index in [0.717, 1.165) is 63.2 Å². The lowest BCUT2D eigenvalue weighted by molar-refractivity contribution is -0.903. The molecule has 0 aliphatic carbocycles. The molecule has 1 saturated heterocycles. The van der Waals surface area contributed by atoms with E-state index < -0.39 is 0 Å². The monoisotopic (exact) mass is 370 g/mol. The number of benzene rings is 2. The van der Waals surface area contributed by atoms with Crippen molar-refractivity contribution >= 4 is 17.3 Å². The Kier molecular flexibility index (Phi) is 7.28. The highest BCUT2D eigenvalue weighted by Crippen LogP contribution is 2.07. The quantitative estimate of drug-likeness (QED) is 0.721. The van der Waals surface area contributed by atoms with Crippen LogP contribution in [0.15, 0.2) is 60.7 Å². The van der Waals surface area contributed by atoms with Crippen LogP contribution >= 0.6 is 12.2 Å². The van der Waals surface area contributed by atoms with Crippen molar-refractivity contribution < 1.29 is 9.64 Å².